The fourth-order valence-corrected chi connectivity index (χ4v) is 3.07. The standard InChI is InChI=1S/C16H22ClN3S/c1-4-14(18)7-12-5-6-13(17)8-16(12)20(3)9-15-10-21-11(2)19-15/h5-6,8,10,14H,4,7,9,18H2,1-3H3. The number of halogens is 1. The summed E-state index contributed by atoms with van der Waals surface area (Å²) >= 11 is 7.85. The number of aromatic nitrogens is 1. The number of hydrogen-bond acceptors (Lipinski definition) is 4. The summed E-state index contributed by atoms with van der Waals surface area (Å²) in [6, 6.07) is 6.21. The molecule has 3 nitrogen and oxygen atoms in total. The minimum absolute atomic E-state index is 0.180. The van der Waals surface area contributed by atoms with Crippen LogP contribution in [0, 0.1) is 6.92 Å². The lowest BCUT2D eigenvalue weighted by Crippen LogP contribution is -2.24. The summed E-state index contributed by atoms with van der Waals surface area (Å²) in [5, 5.41) is 3.95. The Hall–Kier alpha value is -1.10. The van der Waals surface area contributed by atoms with Crippen molar-refractivity contribution in [1.82, 2.24) is 4.98 Å². The van der Waals surface area contributed by atoms with Crippen LogP contribution in [0.15, 0.2) is 23.6 Å². The molecule has 0 bridgehead atoms. The van der Waals surface area contributed by atoms with Crippen LogP contribution in [0.25, 0.3) is 0 Å². The predicted molar refractivity (Wildman–Crippen MR) is 92.4 cm³/mol. The molecule has 0 spiro atoms. The van der Waals surface area contributed by atoms with E-state index in [1.165, 1.54) is 5.56 Å². The predicted octanol–water partition coefficient (Wildman–Crippen LogP) is 4.02. The van der Waals surface area contributed by atoms with Gasteiger partial charge >= 0.3 is 0 Å². The van der Waals surface area contributed by atoms with E-state index in [-0.39, 0.29) is 6.04 Å². The molecule has 0 amide bonds. The molecule has 0 aliphatic carbocycles. The molecule has 2 aromatic rings. The van der Waals surface area contributed by atoms with E-state index in [4.69, 9.17) is 17.3 Å². The number of hydrogen-bond donors (Lipinski definition) is 1. The van der Waals surface area contributed by atoms with Crippen LogP contribution >= 0.6 is 22.9 Å². The molecule has 1 aromatic heterocycles. The number of aryl methyl sites for hydroxylation is 1. The second kappa shape index (κ2) is 7.25. The van der Waals surface area contributed by atoms with Gasteiger partial charge in [-0.25, -0.2) is 4.98 Å². The fourth-order valence-electron chi connectivity index (χ4n) is 2.30. The first-order chi connectivity index (χ1) is 9.99. The molecular weight excluding hydrogens is 302 g/mol. The first-order valence-electron chi connectivity index (χ1n) is 7.15. The summed E-state index contributed by atoms with van der Waals surface area (Å²) in [6.07, 6.45) is 1.83. The average molecular weight is 324 g/mol. The second-order valence-corrected chi connectivity index (χ2v) is 6.86. The van der Waals surface area contributed by atoms with Gasteiger partial charge in [-0.05, 0) is 37.5 Å². The van der Waals surface area contributed by atoms with Gasteiger partial charge < -0.3 is 10.6 Å². The van der Waals surface area contributed by atoms with Crippen LogP contribution in [0.2, 0.25) is 5.02 Å². The number of nitrogens with two attached hydrogens (primary N) is 1. The van der Waals surface area contributed by atoms with Crippen LogP contribution < -0.4 is 10.6 Å². The SMILES string of the molecule is CCC(N)Cc1ccc(Cl)cc1N(C)Cc1csc(C)n1. The van der Waals surface area contributed by atoms with Crippen LogP contribution in [-0.2, 0) is 13.0 Å². The molecule has 1 heterocycles. The van der Waals surface area contributed by atoms with Gasteiger partial charge in [-0.2, -0.15) is 0 Å². The summed E-state index contributed by atoms with van der Waals surface area (Å²) in [6.45, 7) is 4.92. The zero-order valence-electron chi connectivity index (χ0n) is 12.8. The highest BCUT2D eigenvalue weighted by Gasteiger charge is 2.12. The largest absolute Gasteiger partial charge is 0.368 e. The molecule has 0 radical (unpaired) electrons. The molecule has 2 rings (SSSR count). The van der Waals surface area contributed by atoms with E-state index in [9.17, 15) is 0 Å². The average Bonchev–Trinajstić information content (AvgIpc) is 2.85. The molecule has 1 unspecified atom stereocenters. The molecule has 0 fully saturated rings. The summed E-state index contributed by atoms with van der Waals surface area (Å²) in [4.78, 5) is 6.72. The maximum atomic E-state index is 6.17. The highest BCUT2D eigenvalue weighted by molar-refractivity contribution is 7.09. The van der Waals surface area contributed by atoms with Gasteiger partial charge in [0.1, 0.15) is 0 Å². The van der Waals surface area contributed by atoms with Crippen LogP contribution in [-0.4, -0.2) is 18.1 Å². The van der Waals surface area contributed by atoms with E-state index in [2.05, 4.69) is 35.3 Å². The summed E-state index contributed by atoms with van der Waals surface area (Å²) in [7, 11) is 2.07. The van der Waals surface area contributed by atoms with E-state index in [1.54, 1.807) is 11.3 Å². The smallest absolute Gasteiger partial charge is 0.0898 e. The molecule has 0 saturated heterocycles. The molecule has 114 valence electrons. The molecule has 0 saturated carbocycles. The van der Waals surface area contributed by atoms with Crippen molar-refractivity contribution in [1.29, 1.82) is 0 Å². The minimum atomic E-state index is 0.180. The summed E-state index contributed by atoms with van der Waals surface area (Å²) < 4.78 is 0. The quantitative estimate of drug-likeness (QED) is 0.873. The van der Waals surface area contributed by atoms with Crippen molar-refractivity contribution < 1.29 is 0 Å². The second-order valence-electron chi connectivity index (χ2n) is 5.36. The van der Waals surface area contributed by atoms with Gasteiger partial charge in [0, 0.05) is 29.2 Å². The van der Waals surface area contributed by atoms with E-state index in [1.807, 2.05) is 19.1 Å². The topological polar surface area (TPSA) is 42.1 Å². The van der Waals surface area contributed by atoms with Crippen molar-refractivity contribution in [3.63, 3.8) is 0 Å². The highest BCUT2D eigenvalue weighted by Crippen LogP contribution is 2.27. The third kappa shape index (κ3) is 4.43. The maximum absolute atomic E-state index is 6.17. The zero-order chi connectivity index (χ0) is 15.4. The molecule has 5 heteroatoms. The third-order valence-corrected chi connectivity index (χ3v) is 4.59. The number of thiazole rings is 1. The highest BCUT2D eigenvalue weighted by atomic mass is 35.5. The molecule has 0 aliphatic rings. The van der Waals surface area contributed by atoms with E-state index < -0.39 is 0 Å². The minimum Gasteiger partial charge on any atom is -0.368 e. The van der Waals surface area contributed by atoms with Gasteiger partial charge in [-0.1, -0.05) is 24.6 Å². The first kappa shape index (κ1) is 16.3. The normalized spacial score (nSPS) is 12.4. The van der Waals surface area contributed by atoms with Crippen molar-refractivity contribution in [3.8, 4) is 0 Å². The Kier molecular flexibility index (Phi) is 5.62. The van der Waals surface area contributed by atoms with Crippen molar-refractivity contribution in [2.75, 3.05) is 11.9 Å². The number of benzene rings is 1. The Bertz CT molecular complexity index is 597. The molecule has 21 heavy (non-hydrogen) atoms. The first-order valence-corrected chi connectivity index (χ1v) is 8.41. The monoisotopic (exact) mass is 323 g/mol. The van der Waals surface area contributed by atoms with Crippen LogP contribution in [0.1, 0.15) is 29.6 Å². The van der Waals surface area contributed by atoms with Crippen LogP contribution in [0.4, 0.5) is 5.69 Å². The number of rotatable bonds is 6. The van der Waals surface area contributed by atoms with Gasteiger partial charge in [0.25, 0.3) is 0 Å². The lowest BCUT2D eigenvalue weighted by molar-refractivity contribution is 0.645. The number of nitrogens with zero attached hydrogens (tertiary/aromatic N) is 2. The summed E-state index contributed by atoms with van der Waals surface area (Å²) in [5.41, 5.74) is 9.57. The van der Waals surface area contributed by atoms with Crippen LogP contribution in [0.3, 0.4) is 0 Å². The van der Waals surface area contributed by atoms with Gasteiger partial charge in [0.05, 0.1) is 17.2 Å². The Morgan fingerprint density at radius 2 is 2.19 bits per heavy atom. The molecule has 1 aromatic carbocycles. The molecule has 1 atom stereocenters. The van der Waals surface area contributed by atoms with Crippen molar-refractivity contribution in [3.05, 3.63) is 44.9 Å². The molecule has 0 aliphatic heterocycles. The zero-order valence-corrected chi connectivity index (χ0v) is 14.3. The van der Waals surface area contributed by atoms with Crippen molar-refractivity contribution >= 4 is 28.6 Å². The third-order valence-electron chi connectivity index (χ3n) is 3.53. The summed E-state index contributed by atoms with van der Waals surface area (Å²) in [5.74, 6) is 0. The van der Waals surface area contributed by atoms with Gasteiger partial charge in [-0.3, -0.25) is 0 Å². The number of anilines is 1. The maximum Gasteiger partial charge on any atom is 0.0898 e. The Balaban J connectivity index is 2.21. The van der Waals surface area contributed by atoms with Gasteiger partial charge in [-0.15, -0.1) is 11.3 Å². The van der Waals surface area contributed by atoms with Crippen LogP contribution in [0.5, 0.6) is 0 Å². The lowest BCUT2D eigenvalue weighted by Gasteiger charge is -2.23. The van der Waals surface area contributed by atoms with Gasteiger partial charge in [0.2, 0.25) is 0 Å². The molecular formula is C16H22ClN3S. The van der Waals surface area contributed by atoms with E-state index in [0.29, 0.717) is 0 Å². The van der Waals surface area contributed by atoms with Crippen molar-refractivity contribution in [2.45, 2.75) is 39.3 Å². The Morgan fingerprint density at radius 3 is 2.81 bits per heavy atom. The lowest BCUT2D eigenvalue weighted by atomic mass is 10.0. The van der Waals surface area contributed by atoms with Gasteiger partial charge in [0.15, 0.2) is 0 Å². The van der Waals surface area contributed by atoms with E-state index >= 15 is 0 Å². The molecule has 2 N–H and O–H groups in total. The van der Waals surface area contributed by atoms with Crippen molar-refractivity contribution in [2.24, 2.45) is 5.73 Å². The fraction of sp³-hybridized carbons (Fsp3) is 0.438. The van der Waals surface area contributed by atoms with E-state index in [0.717, 1.165) is 40.8 Å². The Labute approximate surface area is 135 Å². The Morgan fingerprint density at radius 1 is 1.43 bits per heavy atom.